The van der Waals surface area contributed by atoms with Gasteiger partial charge in [-0.15, -0.1) is 0 Å². The van der Waals surface area contributed by atoms with Gasteiger partial charge in [0.05, 0.1) is 13.2 Å². The summed E-state index contributed by atoms with van der Waals surface area (Å²) in [5.41, 5.74) is 5.36. The first-order chi connectivity index (χ1) is 29.8. The minimum atomic E-state index is -4.40. The number of carbonyl (C=O) groups is 2. The maximum Gasteiger partial charge on any atom is 0.472 e. The fourth-order valence-corrected chi connectivity index (χ4v) is 7.50. The van der Waals surface area contributed by atoms with Crippen LogP contribution in [0.5, 0.6) is 0 Å². The minimum Gasteiger partial charge on any atom is -0.462 e. The summed E-state index contributed by atoms with van der Waals surface area (Å²) in [5.74, 6) is -0.919. The molecule has 0 bridgehead atoms. The molecule has 0 aliphatic carbocycles. The Bertz CT molecular complexity index is 1180. The Kier molecular flexibility index (Phi) is 45.4. The highest BCUT2D eigenvalue weighted by molar-refractivity contribution is 7.47. The number of phosphoric ester groups is 1. The number of unbranched alkanes of at least 4 members (excludes halogenated alkanes) is 23. The van der Waals surface area contributed by atoms with Crippen molar-refractivity contribution in [3.05, 3.63) is 60.8 Å². The number of hydrogen-bond donors (Lipinski definition) is 2. The fourth-order valence-electron chi connectivity index (χ4n) is 6.74. The van der Waals surface area contributed by atoms with E-state index in [-0.39, 0.29) is 32.6 Å². The molecule has 2 atom stereocenters. The number of hydrogen-bond acceptors (Lipinski definition) is 8. The zero-order chi connectivity index (χ0) is 44.6. The predicted octanol–water partition coefficient (Wildman–Crippen LogP) is 14.8. The molecule has 0 aromatic heterocycles. The Labute approximate surface area is 374 Å². The van der Waals surface area contributed by atoms with E-state index < -0.39 is 32.5 Å². The maximum atomic E-state index is 12.6. The van der Waals surface area contributed by atoms with Crippen molar-refractivity contribution in [2.24, 2.45) is 5.73 Å². The van der Waals surface area contributed by atoms with E-state index in [2.05, 4.69) is 62.5 Å². The lowest BCUT2D eigenvalue weighted by Crippen LogP contribution is -2.29. The van der Waals surface area contributed by atoms with E-state index in [9.17, 15) is 19.0 Å². The van der Waals surface area contributed by atoms with E-state index in [1.807, 2.05) is 12.2 Å². The summed E-state index contributed by atoms with van der Waals surface area (Å²) in [7, 11) is -4.40. The number of ether oxygens (including phenoxy) is 2. The molecule has 61 heavy (non-hydrogen) atoms. The molecule has 0 spiro atoms. The molecule has 0 saturated carbocycles. The number of phosphoric acid groups is 1. The average Bonchev–Trinajstić information content (AvgIpc) is 3.25. The van der Waals surface area contributed by atoms with Gasteiger partial charge in [0.25, 0.3) is 0 Å². The van der Waals surface area contributed by atoms with Crippen molar-refractivity contribution in [2.75, 3.05) is 26.4 Å². The zero-order valence-corrected chi connectivity index (χ0v) is 40.0. The summed E-state index contributed by atoms with van der Waals surface area (Å²) < 4.78 is 32.8. The largest absolute Gasteiger partial charge is 0.472 e. The van der Waals surface area contributed by atoms with E-state index >= 15 is 0 Å². The van der Waals surface area contributed by atoms with E-state index in [0.717, 1.165) is 44.9 Å². The second-order valence-corrected chi connectivity index (χ2v) is 17.8. The molecule has 0 fully saturated rings. The molecule has 0 heterocycles. The third-order valence-corrected chi connectivity index (χ3v) is 11.4. The number of nitrogens with two attached hydrogens (primary N) is 1. The minimum absolute atomic E-state index is 0.0411. The lowest BCUT2D eigenvalue weighted by molar-refractivity contribution is -0.161. The van der Waals surface area contributed by atoms with Crippen LogP contribution in [0.1, 0.15) is 219 Å². The number of esters is 2. The first kappa shape index (κ1) is 58.7. The summed E-state index contributed by atoms with van der Waals surface area (Å²) in [6.45, 7) is 3.64. The van der Waals surface area contributed by atoms with Gasteiger partial charge in [-0.05, 0) is 51.4 Å². The van der Waals surface area contributed by atoms with Crippen LogP contribution in [0.4, 0.5) is 0 Å². The number of carbonyl (C=O) groups excluding carboxylic acids is 2. The molecule has 0 amide bonds. The molecule has 9 nitrogen and oxygen atoms in total. The van der Waals surface area contributed by atoms with Crippen molar-refractivity contribution in [3.8, 4) is 0 Å². The smallest absolute Gasteiger partial charge is 0.462 e. The van der Waals surface area contributed by atoms with Gasteiger partial charge in [0.15, 0.2) is 6.10 Å². The van der Waals surface area contributed by atoms with Gasteiger partial charge in [0, 0.05) is 19.4 Å². The Morgan fingerprint density at radius 3 is 1.33 bits per heavy atom. The van der Waals surface area contributed by atoms with Gasteiger partial charge in [0.1, 0.15) is 6.61 Å². The topological polar surface area (TPSA) is 134 Å². The van der Waals surface area contributed by atoms with Gasteiger partial charge < -0.3 is 20.1 Å². The van der Waals surface area contributed by atoms with Gasteiger partial charge in [-0.25, -0.2) is 4.57 Å². The molecule has 10 heteroatoms. The van der Waals surface area contributed by atoms with Gasteiger partial charge >= 0.3 is 19.8 Å². The molecular formula is C51H92NO8P. The fraction of sp³-hybridized carbons (Fsp3) is 0.765. The molecule has 3 N–H and O–H groups in total. The lowest BCUT2D eigenvalue weighted by Gasteiger charge is -2.19. The van der Waals surface area contributed by atoms with Crippen LogP contribution < -0.4 is 5.73 Å². The molecule has 0 aromatic rings. The quantitative estimate of drug-likeness (QED) is 0.0265. The third-order valence-electron chi connectivity index (χ3n) is 10.4. The summed E-state index contributed by atoms with van der Waals surface area (Å²) in [4.78, 5) is 35.0. The van der Waals surface area contributed by atoms with E-state index in [1.54, 1.807) is 0 Å². The van der Waals surface area contributed by atoms with Crippen LogP contribution >= 0.6 is 7.82 Å². The van der Waals surface area contributed by atoms with Gasteiger partial charge in [-0.3, -0.25) is 18.6 Å². The zero-order valence-electron chi connectivity index (χ0n) is 39.1. The molecule has 354 valence electrons. The summed E-state index contributed by atoms with van der Waals surface area (Å²) in [6, 6.07) is 0. The van der Waals surface area contributed by atoms with Crippen LogP contribution in [-0.2, 0) is 32.7 Å². The first-order valence-corrected chi connectivity index (χ1v) is 26.3. The predicted molar refractivity (Wildman–Crippen MR) is 256 cm³/mol. The lowest BCUT2D eigenvalue weighted by atomic mass is 10.0. The Hall–Kier alpha value is -2.29. The summed E-state index contributed by atoms with van der Waals surface area (Å²) in [5, 5.41) is 0. The first-order valence-electron chi connectivity index (χ1n) is 24.8. The van der Waals surface area contributed by atoms with Gasteiger partial charge in [0.2, 0.25) is 0 Å². The molecular weight excluding hydrogens is 786 g/mol. The number of rotatable bonds is 46. The van der Waals surface area contributed by atoms with Crippen molar-refractivity contribution in [1.29, 1.82) is 0 Å². The van der Waals surface area contributed by atoms with Crippen LogP contribution in [0, 0.1) is 0 Å². The molecule has 0 aliphatic rings. The standard InChI is InChI=1S/C51H92NO8P/c1-3-5-7-9-11-13-15-17-19-21-23-24-26-27-29-31-33-35-37-39-41-43-50(53)57-47-49(48-59-61(55,56)58-46-45-52)60-51(54)44-42-40-38-36-34-32-30-28-25-22-20-18-16-14-12-10-8-6-4-2/h12,14,18,20,25,28,32,34,38,40,49H,3-11,13,15-17,19,21-24,26-27,29-31,33,35-37,39,41-48,52H2,1-2H3,(H,55,56)/b14-12-,20-18-,28-25-,34-32-,40-38-/t49-/m1/s1. The van der Waals surface area contributed by atoms with Crippen molar-refractivity contribution in [2.45, 2.75) is 225 Å². The van der Waals surface area contributed by atoms with Crippen LogP contribution in [0.2, 0.25) is 0 Å². The Morgan fingerprint density at radius 2 is 0.885 bits per heavy atom. The monoisotopic (exact) mass is 878 g/mol. The highest BCUT2D eigenvalue weighted by Gasteiger charge is 2.25. The van der Waals surface area contributed by atoms with Gasteiger partial charge in [-0.1, -0.05) is 216 Å². The Morgan fingerprint density at radius 1 is 0.492 bits per heavy atom. The summed E-state index contributed by atoms with van der Waals surface area (Å²) in [6.07, 6.45) is 57.0. The van der Waals surface area contributed by atoms with Crippen molar-refractivity contribution >= 4 is 19.8 Å². The summed E-state index contributed by atoms with van der Waals surface area (Å²) >= 11 is 0. The molecule has 0 radical (unpaired) electrons. The van der Waals surface area contributed by atoms with E-state index in [4.69, 9.17) is 24.3 Å². The van der Waals surface area contributed by atoms with E-state index in [1.165, 1.54) is 141 Å². The van der Waals surface area contributed by atoms with E-state index in [0.29, 0.717) is 6.42 Å². The molecule has 0 saturated heterocycles. The van der Waals surface area contributed by atoms with Crippen molar-refractivity contribution < 1.29 is 37.6 Å². The molecule has 0 aromatic carbocycles. The molecule has 0 rings (SSSR count). The van der Waals surface area contributed by atoms with Crippen LogP contribution in [0.15, 0.2) is 60.8 Å². The maximum absolute atomic E-state index is 12.6. The van der Waals surface area contributed by atoms with Gasteiger partial charge in [-0.2, -0.15) is 0 Å². The number of allylic oxidation sites excluding steroid dienone is 10. The van der Waals surface area contributed by atoms with Crippen LogP contribution in [0.25, 0.3) is 0 Å². The second kappa shape index (κ2) is 47.2. The molecule has 0 aliphatic heterocycles. The van der Waals surface area contributed by atoms with Crippen LogP contribution in [0.3, 0.4) is 0 Å². The highest BCUT2D eigenvalue weighted by Crippen LogP contribution is 2.43. The normalized spacial score (nSPS) is 13.7. The Balaban J connectivity index is 4.16. The molecule has 1 unspecified atom stereocenters. The second-order valence-electron chi connectivity index (χ2n) is 16.3. The third kappa shape index (κ3) is 47.0. The van der Waals surface area contributed by atoms with Crippen molar-refractivity contribution in [1.82, 2.24) is 0 Å². The van der Waals surface area contributed by atoms with Crippen molar-refractivity contribution in [3.63, 3.8) is 0 Å². The average molecular weight is 878 g/mol. The SMILES string of the molecule is CCCCC/C=C\C/C=C\C/C=C\C/C=C\C/C=C\CCC(=O)O[C@H](COC(=O)CCCCCCCCCCCCCCCCCCCCCCC)COP(=O)(O)OCCN. The van der Waals surface area contributed by atoms with Crippen LogP contribution in [-0.4, -0.2) is 49.3 Å². The highest BCUT2D eigenvalue weighted by atomic mass is 31.2.